The van der Waals surface area contributed by atoms with Gasteiger partial charge in [-0.15, -0.1) is 11.8 Å². The summed E-state index contributed by atoms with van der Waals surface area (Å²) in [6.45, 7) is 1.39. The second kappa shape index (κ2) is 10.7. The number of rotatable bonds is 7. The molecular weight excluding hydrogens is 448 g/mol. The van der Waals surface area contributed by atoms with E-state index in [-0.39, 0.29) is 11.7 Å². The third kappa shape index (κ3) is 5.57. The van der Waals surface area contributed by atoms with E-state index in [1.165, 1.54) is 14.2 Å². The lowest BCUT2D eigenvalue weighted by molar-refractivity contribution is 0.206. The topological polar surface area (TPSA) is 140 Å². The fraction of sp³-hybridized carbons (Fsp3) is 0.227. The van der Waals surface area contributed by atoms with Crippen molar-refractivity contribution in [1.82, 2.24) is 10.1 Å². The Morgan fingerprint density at radius 2 is 1.91 bits per heavy atom. The molecule has 33 heavy (non-hydrogen) atoms. The quantitative estimate of drug-likeness (QED) is 0.385. The van der Waals surface area contributed by atoms with E-state index < -0.39 is 6.09 Å². The molecule has 0 spiro atoms. The standard InChI is InChI=1S/C22H22N4O6S/c1-12-23-20(26-32-12)13-5-7-16(8-6-13)24-18(21(33-4)25-22(28)29)14-9-15(11-27)19(31-3)17(10-14)30-2/h5-10,27H,11H2,1-4H3,(H,28,29). The monoisotopic (exact) mass is 470 g/mol. The molecule has 1 aromatic heterocycles. The minimum Gasteiger partial charge on any atom is -0.493 e. The number of ether oxygens (including phenoxy) is 2. The van der Waals surface area contributed by atoms with Gasteiger partial charge in [0.1, 0.15) is 10.8 Å². The van der Waals surface area contributed by atoms with Gasteiger partial charge in [0.05, 0.1) is 26.5 Å². The molecule has 2 N–H and O–H groups in total. The molecule has 0 saturated carbocycles. The Kier molecular flexibility index (Phi) is 7.80. The molecule has 0 saturated heterocycles. The second-order valence-corrected chi connectivity index (χ2v) is 7.37. The van der Waals surface area contributed by atoms with Gasteiger partial charge in [-0.1, -0.05) is 5.16 Å². The van der Waals surface area contributed by atoms with Crippen LogP contribution in [0.3, 0.4) is 0 Å². The molecule has 1 heterocycles. The molecule has 0 aliphatic heterocycles. The summed E-state index contributed by atoms with van der Waals surface area (Å²) < 4.78 is 15.8. The molecule has 0 radical (unpaired) electrons. The molecule has 3 aromatic rings. The van der Waals surface area contributed by atoms with Crippen LogP contribution in [0.1, 0.15) is 17.0 Å². The molecule has 0 bridgehead atoms. The number of amides is 1. The largest absolute Gasteiger partial charge is 0.493 e. The van der Waals surface area contributed by atoms with E-state index in [4.69, 9.17) is 14.0 Å². The normalized spacial score (nSPS) is 12.0. The van der Waals surface area contributed by atoms with Crippen LogP contribution < -0.4 is 9.47 Å². The van der Waals surface area contributed by atoms with E-state index in [0.29, 0.717) is 45.7 Å². The van der Waals surface area contributed by atoms with Crippen LogP contribution in [0.2, 0.25) is 0 Å². The van der Waals surface area contributed by atoms with Crippen LogP contribution in [-0.2, 0) is 6.61 Å². The van der Waals surface area contributed by atoms with Gasteiger partial charge in [0.2, 0.25) is 11.7 Å². The predicted octanol–water partition coefficient (Wildman–Crippen LogP) is 4.11. The van der Waals surface area contributed by atoms with E-state index in [9.17, 15) is 15.0 Å². The Balaban J connectivity index is 2.15. The van der Waals surface area contributed by atoms with Crippen LogP contribution in [0.15, 0.2) is 50.9 Å². The first-order valence-corrected chi connectivity index (χ1v) is 10.8. The highest BCUT2D eigenvalue weighted by molar-refractivity contribution is 8.15. The molecule has 11 heteroatoms. The first-order valence-electron chi connectivity index (χ1n) is 9.61. The highest BCUT2D eigenvalue weighted by atomic mass is 32.2. The zero-order valence-electron chi connectivity index (χ0n) is 18.4. The highest BCUT2D eigenvalue weighted by Crippen LogP contribution is 2.34. The van der Waals surface area contributed by atoms with Gasteiger partial charge in [-0.25, -0.2) is 9.79 Å². The number of aliphatic hydroxyl groups excluding tert-OH is 1. The Hall–Kier alpha value is -3.70. The minimum atomic E-state index is -1.35. The summed E-state index contributed by atoms with van der Waals surface area (Å²) in [4.78, 5) is 23.9. The second-order valence-electron chi connectivity index (χ2n) is 6.58. The van der Waals surface area contributed by atoms with Crippen LogP contribution in [0.4, 0.5) is 10.5 Å². The summed E-state index contributed by atoms with van der Waals surface area (Å²) in [6.07, 6.45) is 0.352. The smallest absolute Gasteiger partial charge is 0.432 e. The van der Waals surface area contributed by atoms with Crippen LogP contribution in [0, 0.1) is 6.92 Å². The van der Waals surface area contributed by atoms with Gasteiger partial charge in [0.25, 0.3) is 0 Å². The number of thioether (sulfide) groups is 1. The fourth-order valence-electron chi connectivity index (χ4n) is 3.05. The molecule has 172 valence electrons. The maximum atomic E-state index is 11.3. The van der Waals surface area contributed by atoms with Crippen molar-refractivity contribution >= 4 is 34.3 Å². The molecule has 3 rings (SSSR count). The predicted molar refractivity (Wildman–Crippen MR) is 125 cm³/mol. The molecule has 0 aliphatic rings. The number of carbonyl (C=O) groups is 1. The Bertz CT molecular complexity index is 1180. The van der Waals surface area contributed by atoms with Crippen molar-refractivity contribution in [3.8, 4) is 22.9 Å². The summed E-state index contributed by atoms with van der Waals surface area (Å²) in [6, 6.07) is 10.4. The zero-order valence-corrected chi connectivity index (χ0v) is 19.2. The van der Waals surface area contributed by atoms with Gasteiger partial charge < -0.3 is 24.2 Å². The number of aryl methyl sites for hydroxylation is 1. The van der Waals surface area contributed by atoms with Crippen molar-refractivity contribution in [2.75, 3.05) is 20.5 Å². The fourth-order valence-corrected chi connectivity index (χ4v) is 3.57. The number of aliphatic imine (C=N–C) groups is 2. The first-order chi connectivity index (χ1) is 15.9. The van der Waals surface area contributed by atoms with Crippen LogP contribution in [0.5, 0.6) is 11.5 Å². The molecule has 0 unspecified atom stereocenters. The van der Waals surface area contributed by atoms with Gasteiger partial charge >= 0.3 is 6.09 Å². The number of hydrogen-bond donors (Lipinski definition) is 2. The Morgan fingerprint density at radius 3 is 2.42 bits per heavy atom. The van der Waals surface area contributed by atoms with E-state index >= 15 is 0 Å². The number of methoxy groups -OCH3 is 2. The maximum absolute atomic E-state index is 11.3. The molecule has 0 aliphatic carbocycles. The average Bonchev–Trinajstić information content (AvgIpc) is 3.26. The van der Waals surface area contributed by atoms with Crippen molar-refractivity contribution in [3.05, 3.63) is 53.4 Å². The van der Waals surface area contributed by atoms with Crippen molar-refractivity contribution in [2.45, 2.75) is 13.5 Å². The third-order valence-corrected chi connectivity index (χ3v) is 5.16. The van der Waals surface area contributed by atoms with Crippen molar-refractivity contribution < 1.29 is 29.0 Å². The summed E-state index contributed by atoms with van der Waals surface area (Å²) in [5.41, 5.74) is 2.54. The van der Waals surface area contributed by atoms with Crippen LogP contribution in [0.25, 0.3) is 11.4 Å². The summed E-state index contributed by atoms with van der Waals surface area (Å²) in [5, 5.41) is 23.2. The first kappa shape index (κ1) is 24.0. The van der Waals surface area contributed by atoms with Crippen molar-refractivity contribution in [1.29, 1.82) is 0 Å². The van der Waals surface area contributed by atoms with Gasteiger partial charge in [-0.2, -0.15) is 9.98 Å². The zero-order chi connectivity index (χ0) is 24.0. The van der Waals surface area contributed by atoms with Crippen LogP contribution in [-0.4, -0.2) is 57.7 Å². The Morgan fingerprint density at radius 1 is 1.18 bits per heavy atom. The Labute approximate surface area is 194 Å². The number of carboxylic acid groups (broad SMARTS) is 1. The molecule has 2 aromatic carbocycles. The lowest BCUT2D eigenvalue weighted by atomic mass is 10.0. The lowest BCUT2D eigenvalue weighted by Crippen LogP contribution is -2.15. The number of hydrogen-bond acceptors (Lipinski definition) is 9. The maximum Gasteiger partial charge on any atom is 0.432 e. The minimum absolute atomic E-state index is 0.177. The van der Waals surface area contributed by atoms with E-state index in [1.54, 1.807) is 49.6 Å². The summed E-state index contributed by atoms with van der Waals surface area (Å²) in [7, 11) is 2.94. The molecule has 0 fully saturated rings. The van der Waals surface area contributed by atoms with E-state index in [1.807, 2.05) is 0 Å². The van der Waals surface area contributed by atoms with Crippen LogP contribution >= 0.6 is 11.8 Å². The summed E-state index contributed by atoms with van der Waals surface area (Å²) >= 11 is 1.13. The average molecular weight is 471 g/mol. The SMILES string of the molecule is COc1cc(C(=Nc2ccc(-c3noc(C)n3)cc2)C(=NC(=O)O)SC)cc(CO)c1OC. The molecule has 1 amide bonds. The third-order valence-electron chi connectivity index (χ3n) is 4.49. The van der Waals surface area contributed by atoms with Gasteiger partial charge in [0.15, 0.2) is 11.5 Å². The highest BCUT2D eigenvalue weighted by Gasteiger charge is 2.19. The number of aliphatic hydroxyl groups is 1. The van der Waals surface area contributed by atoms with E-state index in [0.717, 1.165) is 17.3 Å². The van der Waals surface area contributed by atoms with Gasteiger partial charge in [-0.05, 0) is 42.7 Å². The molecular formula is C22H22N4O6S. The molecule has 0 atom stereocenters. The van der Waals surface area contributed by atoms with Gasteiger partial charge in [0, 0.05) is 23.6 Å². The van der Waals surface area contributed by atoms with E-state index in [2.05, 4.69) is 20.1 Å². The number of aromatic nitrogens is 2. The number of benzene rings is 2. The molecule has 10 nitrogen and oxygen atoms in total. The van der Waals surface area contributed by atoms with Crippen molar-refractivity contribution in [2.24, 2.45) is 9.98 Å². The van der Waals surface area contributed by atoms with Gasteiger partial charge in [-0.3, -0.25) is 0 Å². The van der Waals surface area contributed by atoms with Crippen molar-refractivity contribution in [3.63, 3.8) is 0 Å². The summed E-state index contributed by atoms with van der Waals surface area (Å²) in [5.74, 6) is 1.65. The number of nitrogens with zero attached hydrogens (tertiary/aromatic N) is 4. The lowest BCUT2D eigenvalue weighted by Gasteiger charge is -2.15.